The second kappa shape index (κ2) is 6.96. The van der Waals surface area contributed by atoms with Gasteiger partial charge in [-0.15, -0.1) is 11.6 Å². The van der Waals surface area contributed by atoms with Gasteiger partial charge in [-0.25, -0.2) is 0 Å². The van der Waals surface area contributed by atoms with Crippen molar-refractivity contribution >= 4 is 23.2 Å². The predicted molar refractivity (Wildman–Crippen MR) is 70.0 cm³/mol. The molecule has 1 rings (SSSR count). The van der Waals surface area contributed by atoms with Gasteiger partial charge in [0.2, 0.25) is 0 Å². The molecule has 0 aliphatic carbocycles. The highest BCUT2D eigenvalue weighted by Crippen LogP contribution is 2.12. The third-order valence-corrected chi connectivity index (χ3v) is 2.80. The number of non-ortho nitro benzene ring substituents is 1. The number of carbonyl (C=O) groups is 1. The largest absolute Gasteiger partial charge is 0.351 e. The first kappa shape index (κ1) is 14.4. The van der Waals surface area contributed by atoms with E-state index in [4.69, 9.17) is 11.6 Å². The zero-order valence-corrected chi connectivity index (χ0v) is 10.8. The monoisotopic (exact) mass is 270 g/mol. The second-order valence-electron chi connectivity index (χ2n) is 3.90. The Labute approximate surface area is 110 Å². The highest BCUT2D eigenvalue weighted by molar-refractivity contribution is 6.20. The maximum atomic E-state index is 11.7. The number of hydrogen-bond acceptors (Lipinski definition) is 3. The number of carbonyl (C=O) groups excluding carboxylic acids is 1. The molecule has 1 atom stereocenters. The summed E-state index contributed by atoms with van der Waals surface area (Å²) < 4.78 is 0. The molecule has 0 aromatic heterocycles. The van der Waals surface area contributed by atoms with E-state index in [1.54, 1.807) is 0 Å². The van der Waals surface area contributed by atoms with Gasteiger partial charge in [0.15, 0.2) is 0 Å². The molecule has 1 unspecified atom stereocenters. The number of rotatable bonds is 6. The van der Waals surface area contributed by atoms with E-state index >= 15 is 0 Å². The van der Waals surface area contributed by atoms with Gasteiger partial charge in [0, 0.05) is 24.2 Å². The maximum Gasteiger partial charge on any atom is 0.269 e. The zero-order chi connectivity index (χ0) is 13.5. The third kappa shape index (κ3) is 4.33. The summed E-state index contributed by atoms with van der Waals surface area (Å²) in [5.74, 6) is -0.272. The molecule has 0 bridgehead atoms. The van der Waals surface area contributed by atoms with Crippen LogP contribution in [0.1, 0.15) is 30.1 Å². The minimum Gasteiger partial charge on any atom is -0.351 e. The van der Waals surface area contributed by atoms with Gasteiger partial charge in [0.05, 0.1) is 10.3 Å². The number of nitrogens with zero attached hydrogens (tertiary/aromatic N) is 1. The number of halogens is 1. The summed E-state index contributed by atoms with van der Waals surface area (Å²) in [5, 5.41) is 13.1. The Hall–Kier alpha value is -1.62. The second-order valence-corrected chi connectivity index (χ2v) is 4.52. The average Bonchev–Trinajstić information content (AvgIpc) is 2.36. The molecule has 0 spiro atoms. The maximum absolute atomic E-state index is 11.7. The van der Waals surface area contributed by atoms with Crippen LogP contribution in [0.3, 0.4) is 0 Å². The summed E-state index contributed by atoms with van der Waals surface area (Å²) in [7, 11) is 0. The molecule has 0 aliphatic heterocycles. The number of alkyl halides is 1. The Morgan fingerprint density at radius 2 is 2.06 bits per heavy atom. The van der Waals surface area contributed by atoms with Crippen LogP contribution < -0.4 is 5.32 Å². The van der Waals surface area contributed by atoms with Crippen molar-refractivity contribution < 1.29 is 9.72 Å². The van der Waals surface area contributed by atoms with Gasteiger partial charge < -0.3 is 5.32 Å². The number of hydrogen-bond donors (Lipinski definition) is 1. The molecule has 0 saturated heterocycles. The number of amides is 1. The van der Waals surface area contributed by atoms with E-state index in [0.717, 1.165) is 12.8 Å². The molecular formula is C12H15ClN2O3. The van der Waals surface area contributed by atoms with Crippen LogP contribution in [0.15, 0.2) is 24.3 Å². The molecule has 98 valence electrons. The quantitative estimate of drug-likeness (QED) is 0.491. The molecule has 6 heteroatoms. The van der Waals surface area contributed by atoms with Gasteiger partial charge >= 0.3 is 0 Å². The highest BCUT2D eigenvalue weighted by Gasteiger charge is 2.10. The zero-order valence-electron chi connectivity index (χ0n) is 10.1. The van der Waals surface area contributed by atoms with Crippen molar-refractivity contribution in [1.29, 1.82) is 0 Å². The van der Waals surface area contributed by atoms with Crippen LogP contribution in [0.4, 0.5) is 5.69 Å². The average molecular weight is 271 g/mol. The number of nitro groups is 1. The predicted octanol–water partition coefficient (Wildman–Crippen LogP) is 2.73. The van der Waals surface area contributed by atoms with Crippen molar-refractivity contribution in [2.24, 2.45) is 0 Å². The summed E-state index contributed by atoms with van der Waals surface area (Å²) in [5.41, 5.74) is 0.355. The molecule has 1 aromatic rings. The Balaban J connectivity index is 2.54. The Bertz CT molecular complexity index is 420. The van der Waals surface area contributed by atoms with Gasteiger partial charge in [-0.3, -0.25) is 14.9 Å². The lowest BCUT2D eigenvalue weighted by molar-refractivity contribution is -0.384. The van der Waals surface area contributed by atoms with E-state index in [1.807, 2.05) is 6.92 Å². The topological polar surface area (TPSA) is 72.2 Å². The summed E-state index contributed by atoms with van der Waals surface area (Å²) in [6.45, 7) is 2.42. The molecule has 0 saturated carbocycles. The molecule has 0 aliphatic rings. The first-order valence-electron chi connectivity index (χ1n) is 5.71. The lowest BCUT2D eigenvalue weighted by Gasteiger charge is -2.09. The molecular weight excluding hydrogens is 256 g/mol. The van der Waals surface area contributed by atoms with Crippen molar-refractivity contribution in [2.45, 2.75) is 25.1 Å². The SMILES string of the molecule is CCCC(Cl)CNC(=O)c1ccc([N+](=O)[O-])cc1. The van der Waals surface area contributed by atoms with Crippen molar-refractivity contribution in [2.75, 3.05) is 6.54 Å². The van der Waals surface area contributed by atoms with Crippen LogP contribution in [0.2, 0.25) is 0 Å². The van der Waals surface area contributed by atoms with Gasteiger partial charge in [-0.05, 0) is 18.6 Å². The minimum atomic E-state index is -0.502. The van der Waals surface area contributed by atoms with E-state index < -0.39 is 4.92 Å². The molecule has 0 radical (unpaired) electrons. The van der Waals surface area contributed by atoms with Crippen LogP contribution in [0.5, 0.6) is 0 Å². The van der Waals surface area contributed by atoms with Gasteiger partial charge in [-0.1, -0.05) is 13.3 Å². The van der Waals surface area contributed by atoms with E-state index in [-0.39, 0.29) is 17.0 Å². The third-order valence-electron chi connectivity index (χ3n) is 2.43. The van der Waals surface area contributed by atoms with Gasteiger partial charge in [0.25, 0.3) is 11.6 Å². The normalized spacial score (nSPS) is 11.9. The fraction of sp³-hybridized carbons (Fsp3) is 0.417. The fourth-order valence-electron chi connectivity index (χ4n) is 1.46. The molecule has 18 heavy (non-hydrogen) atoms. The van der Waals surface area contributed by atoms with Gasteiger partial charge in [-0.2, -0.15) is 0 Å². The van der Waals surface area contributed by atoms with E-state index in [1.165, 1.54) is 24.3 Å². The summed E-state index contributed by atoms with van der Waals surface area (Å²) in [6, 6.07) is 5.46. The first-order chi connectivity index (χ1) is 8.54. The van der Waals surface area contributed by atoms with Crippen LogP contribution in [0, 0.1) is 10.1 Å². The summed E-state index contributed by atoms with van der Waals surface area (Å²) in [6.07, 6.45) is 1.80. The molecule has 0 heterocycles. The van der Waals surface area contributed by atoms with Crippen LogP contribution in [-0.4, -0.2) is 22.8 Å². The first-order valence-corrected chi connectivity index (χ1v) is 6.15. The Morgan fingerprint density at radius 3 is 2.56 bits per heavy atom. The number of nitro benzene ring substituents is 1. The van der Waals surface area contributed by atoms with E-state index in [0.29, 0.717) is 12.1 Å². The van der Waals surface area contributed by atoms with Gasteiger partial charge in [0.1, 0.15) is 0 Å². The fourth-order valence-corrected chi connectivity index (χ4v) is 1.75. The molecule has 0 fully saturated rings. The highest BCUT2D eigenvalue weighted by atomic mass is 35.5. The Morgan fingerprint density at radius 1 is 1.44 bits per heavy atom. The lowest BCUT2D eigenvalue weighted by atomic mass is 10.2. The molecule has 1 amide bonds. The summed E-state index contributed by atoms with van der Waals surface area (Å²) >= 11 is 5.98. The van der Waals surface area contributed by atoms with Crippen molar-refractivity contribution in [1.82, 2.24) is 5.32 Å². The number of nitrogens with one attached hydrogen (secondary N) is 1. The van der Waals surface area contributed by atoms with E-state index in [9.17, 15) is 14.9 Å². The van der Waals surface area contributed by atoms with Crippen LogP contribution in [0.25, 0.3) is 0 Å². The summed E-state index contributed by atoms with van der Waals surface area (Å²) in [4.78, 5) is 21.6. The lowest BCUT2D eigenvalue weighted by Crippen LogP contribution is -2.29. The van der Waals surface area contributed by atoms with Crippen molar-refractivity contribution in [3.8, 4) is 0 Å². The molecule has 1 aromatic carbocycles. The Kier molecular flexibility index (Phi) is 5.58. The van der Waals surface area contributed by atoms with Crippen molar-refractivity contribution in [3.63, 3.8) is 0 Å². The van der Waals surface area contributed by atoms with Crippen LogP contribution in [-0.2, 0) is 0 Å². The minimum absolute atomic E-state index is 0.0345. The van der Waals surface area contributed by atoms with E-state index in [2.05, 4.69) is 5.32 Å². The van der Waals surface area contributed by atoms with Crippen LogP contribution >= 0.6 is 11.6 Å². The molecule has 5 nitrogen and oxygen atoms in total. The standard InChI is InChI=1S/C12H15ClN2O3/c1-2-3-10(13)8-14-12(16)9-4-6-11(7-5-9)15(17)18/h4-7,10H,2-3,8H2,1H3,(H,14,16). The number of benzene rings is 1. The molecule has 1 N–H and O–H groups in total. The smallest absolute Gasteiger partial charge is 0.269 e. The van der Waals surface area contributed by atoms with Crippen molar-refractivity contribution in [3.05, 3.63) is 39.9 Å².